The number of ether oxygens (including phenoxy) is 2. The van der Waals surface area contributed by atoms with Gasteiger partial charge in [-0.2, -0.15) is 0 Å². The summed E-state index contributed by atoms with van der Waals surface area (Å²) in [7, 11) is 0. The Morgan fingerprint density at radius 1 is 1.35 bits per heavy atom. The van der Waals surface area contributed by atoms with Crippen molar-refractivity contribution in [3.8, 4) is 5.88 Å². The molecule has 1 aliphatic heterocycles. The Labute approximate surface area is 114 Å². The van der Waals surface area contributed by atoms with E-state index in [4.69, 9.17) is 21.1 Å². The molecule has 0 aliphatic carbocycles. The van der Waals surface area contributed by atoms with Crippen LogP contribution in [0.1, 0.15) is 26.7 Å². The summed E-state index contributed by atoms with van der Waals surface area (Å²) in [5.74, 6) is 0.497. The van der Waals surface area contributed by atoms with E-state index in [2.05, 4.69) is 25.9 Å². The van der Waals surface area contributed by atoms with Crippen LogP contribution in [-0.4, -0.2) is 28.3 Å². The van der Waals surface area contributed by atoms with Crippen LogP contribution in [0.15, 0.2) is 10.8 Å². The summed E-state index contributed by atoms with van der Waals surface area (Å²) in [5, 5.41) is 0.364. The third-order valence-electron chi connectivity index (χ3n) is 2.65. The van der Waals surface area contributed by atoms with Gasteiger partial charge in [0.25, 0.3) is 0 Å². The van der Waals surface area contributed by atoms with Gasteiger partial charge in [0.1, 0.15) is 16.9 Å². The third kappa shape index (κ3) is 3.30. The summed E-state index contributed by atoms with van der Waals surface area (Å²) >= 11 is 9.21. The van der Waals surface area contributed by atoms with Crippen LogP contribution in [0.5, 0.6) is 5.88 Å². The topological polar surface area (TPSA) is 44.2 Å². The van der Waals surface area contributed by atoms with E-state index in [1.807, 2.05) is 13.8 Å². The van der Waals surface area contributed by atoms with Crippen molar-refractivity contribution in [2.75, 3.05) is 0 Å². The molecule has 0 radical (unpaired) electrons. The molecule has 2 atom stereocenters. The van der Waals surface area contributed by atoms with E-state index in [1.165, 1.54) is 6.33 Å². The van der Waals surface area contributed by atoms with Crippen molar-refractivity contribution >= 4 is 27.5 Å². The van der Waals surface area contributed by atoms with Crippen LogP contribution in [0.4, 0.5) is 0 Å². The van der Waals surface area contributed by atoms with E-state index in [-0.39, 0.29) is 18.3 Å². The summed E-state index contributed by atoms with van der Waals surface area (Å²) in [4.78, 5) is 7.94. The number of hydrogen-bond donors (Lipinski definition) is 0. The van der Waals surface area contributed by atoms with E-state index in [9.17, 15) is 0 Å². The Morgan fingerprint density at radius 3 is 2.65 bits per heavy atom. The van der Waals surface area contributed by atoms with Gasteiger partial charge in [-0.15, -0.1) is 0 Å². The van der Waals surface area contributed by atoms with Crippen molar-refractivity contribution < 1.29 is 9.47 Å². The minimum atomic E-state index is 0.107. The fraction of sp³-hybridized carbons (Fsp3) is 0.636. The van der Waals surface area contributed by atoms with E-state index in [0.717, 1.165) is 12.8 Å². The number of hydrogen-bond acceptors (Lipinski definition) is 4. The zero-order valence-corrected chi connectivity index (χ0v) is 12.0. The van der Waals surface area contributed by atoms with Gasteiger partial charge in [-0.05, 0) is 29.8 Å². The summed E-state index contributed by atoms with van der Waals surface area (Å²) in [6, 6.07) is 0. The average Bonchev–Trinajstić information content (AvgIpc) is 2.23. The summed E-state index contributed by atoms with van der Waals surface area (Å²) in [5.41, 5.74) is 0. The van der Waals surface area contributed by atoms with Gasteiger partial charge in [0, 0.05) is 12.8 Å². The van der Waals surface area contributed by atoms with Crippen molar-refractivity contribution in [2.24, 2.45) is 0 Å². The second kappa shape index (κ2) is 5.50. The Balaban J connectivity index is 2.07. The largest absolute Gasteiger partial charge is 0.473 e. The van der Waals surface area contributed by atoms with Gasteiger partial charge in [0.05, 0.1) is 12.2 Å². The van der Waals surface area contributed by atoms with E-state index >= 15 is 0 Å². The lowest BCUT2D eigenvalue weighted by Crippen LogP contribution is -2.35. The van der Waals surface area contributed by atoms with Crippen LogP contribution in [0.25, 0.3) is 0 Å². The van der Waals surface area contributed by atoms with Crippen molar-refractivity contribution in [2.45, 2.75) is 45.0 Å². The average molecular weight is 322 g/mol. The molecule has 1 aliphatic rings. The van der Waals surface area contributed by atoms with Gasteiger partial charge in [-0.25, -0.2) is 9.97 Å². The molecule has 0 spiro atoms. The first-order valence-corrected chi connectivity index (χ1v) is 6.71. The molecule has 4 nitrogen and oxygen atoms in total. The quantitative estimate of drug-likeness (QED) is 0.785. The fourth-order valence-electron chi connectivity index (χ4n) is 2.01. The maximum Gasteiger partial charge on any atom is 0.232 e. The molecule has 0 aromatic carbocycles. The molecular formula is C11H14BrClN2O2. The van der Waals surface area contributed by atoms with Crippen LogP contribution in [0, 0.1) is 0 Å². The Bertz CT molecular complexity index is 395. The molecule has 94 valence electrons. The van der Waals surface area contributed by atoms with Crippen molar-refractivity contribution in [1.29, 1.82) is 0 Å². The molecule has 0 saturated carbocycles. The van der Waals surface area contributed by atoms with Crippen LogP contribution >= 0.6 is 27.5 Å². The summed E-state index contributed by atoms with van der Waals surface area (Å²) in [6.07, 6.45) is 3.64. The standard InChI is InChI=1S/C11H14BrClN2O2/c1-6-3-8(4-7(2)16-6)17-11-9(12)10(13)14-5-15-11/h5-8H,3-4H2,1-2H3. The van der Waals surface area contributed by atoms with Gasteiger partial charge in [-0.1, -0.05) is 11.6 Å². The Hall–Kier alpha value is -0.390. The molecule has 17 heavy (non-hydrogen) atoms. The maximum absolute atomic E-state index is 5.89. The highest BCUT2D eigenvalue weighted by Gasteiger charge is 2.26. The molecule has 0 bridgehead atoms. The van der Waals surface area contributed by atoms with E-state index in [1.54, 1.807) is 0 Å². The smallest absolute Gasteiger partial charge is 0.232 e. The molecule has 1 saturated heterocycles. The van der Waals surface area contributed by atoms with Crippen LogP contribution in [-0.2, 0) is 4.74 Å². The fourth-order valence-corrected chi connectivity index (χ4v) is 2.44. The van der Waals surface area contributed by atoms with Gasteiger partial charge < -0.3 is 9.47 Å². The molecule has 2 heterocycles. The molecule has 0 N–H and O–H groups in total. The molecular weight excluding hydrogens is 307 g/mol. The van der Waals surface area contributed by atoms with Gasteiger partial charge in [0.2, 0.25) is 5.88 Å². The third-order valence-corrected chi connectivity index (χ3v) is 3.88. The zero-order chi connectivity index (χ0) is 12.4. The lowest BCUT2D eigenvalue weighted by Gasteiger charge is -2.32. The van der Waals surface area contributed by atoms with E-state index in [0.29, 0.717) is 15.5 Å². The lowest BCUT2D eigenvalue weighted by atomic mass is 10.0. The second-order valence-corrected chi connectivity index (χ2v) is 5.40. The SMILES string of the molecule is CC1CC(Oc2ncnc(Cl)c2Br)CC(C)O1. The highest BCUT2D eigenvalue weighted by Crippen LogP contribution is 2.31. The number of aromatic nitrogens is 2. The van der Waals surface area contributed by atoms with Crippen LogP contribution < -0.4 is 4.74 Å². The van der Waals surface area contributed by atoms with Crippen LogP contribution in [0.3, 0.4) is 0 Å². The monoisotopic (exact) mass is 320 g/mol. The first kappa shape index (κ1) is 13.1. The molecule has 1 aromatic heterocycles. The molecule has 1 aromatic rings. The minimum absolute atomic E-state index is 0.107. The highest BCUT2D eigenvalue weighted by atomic mass is 79.9. The van der Waals surface area contributed by atoms with Gasteiger partial charge >= 0.3 is 0 Å². The molecule has 2 rings (SSSR count). The second-order valence-electron chi connectivity index (χ2n) is 4.25. The predicted molar refractivity (Wildman–Crippen MR) is 68.4 cm³/mol. The molecule has 6 heteroatoms. The highest BCUT2D eigenvalue weighted by molar-refractivity contribution is 9.10. The lowest BCUT2D eigenvalue weighted by molar-refractivity contribution is -0.0731. The molecule has 1 fully saturated rings. The molecule has 0 amide bonds. The predicted octanol–water partition coefficient (Wildman–Crippen LogP) is 3.23. The number of nitrogens with zero attached hydrogens (tertiary/aromatic N) is 2. The maximum atomic E-state index is 5.89. The minimum Gasteiger partial charge on any atom is -0.473 e. The molecule has 2 unspecified atom stereocenters. The normalized spacial score (nSPS) is 29.1. The Kier molecular flexibility index (Phi) is 4.22. The first-order valence-electron chi connectivity index (χ1n) is 5.54. The number of rotatable bonds is 2. The van der Waals surface area contributed by atoms with E-state index < -0.39 is 0 Å². The zero-order valence-electron chi connectivity index (χ0n) is 9.69. The first-order chi connectivity index (χ1) is 8.06. The summed E-state index contributed by atoms with van der Waals surface area (Å²) in [6.45, 7) is 4.10. The van der Waals surface area contributed by atoms with Gasteiger partial charge in [0.15, 0.2) is 5.15 Å². The van der Waals surface area contributed by atoms with Crippen molar-refractivity contribution in [3.05, 3.63) is 16.0 Å². The van der Waals surface area contributed by atoms with Crippen molar-refractivity contribution in [3.63, 3.8) is 0 Å². The number of halogens is 2. The summed E-state index contributed by atoms with van der Waals surface area (Å²) < 4.78 is 12.1. The van der Waals surface area contributed by atoms with Crippen molar-refractivity contribution in [1.82, 2.24) is 9.97 Å². The van der Waals surface area contributed by atoms with Gasteiger partial charge in [-0.3, -0.25) is 0 Å². The van der Waals surface area contributed by atoms with Crippen LogP contribution in [0.2, 0.25) is 5.15 Å². The Morgan fingerprint density at radius 2 is 2.00 bits per heavy atom.